The number of ether oxygens (including phenoxy) is 1. The molecule has 0 spiro atoms. The SMILES string of the molecule is CCN(CC)c1cnc(C(=O)Nc2ccc(OC)c(Cl)c2)cn1. The molecule has 0 unspecified atom stereocenters. The summed E-state index contributed by atoms with van der Waals surface area (Å²) in [5.74, 6) is 0.955. The zero-order chi connectivity index (χ0) is 16.8. The van der Waals surface area contributed by atoms with Gasteiger partial charge in [-0.25, -0.2) is 9.97 Å². The number of carbonyl (C=O) groups is 1. The van der Waals surface area contributed by atoms with Crippen LogP contribution in [0.3, 0.4) is 0 Å². The molecule has 1 heterocycles. The van der Waals surface area contributed by atoms with Crippen molar-refractivity contribution < 1.29 is 9.53 Å². The third kappa shape index (κ3) is 4.10. The van der Waals surface area contributed by atoms with Crippen LogP contribution in [0.25, 0.3) is 0 Å². The van der Waals surface area contributed by atoms with Crippen molar-refractivity contribution in [2.75, 3.05) is 30.4 Å². The summed E-state index contributed by atoms with van der Waals surface area (Å²) in [5.41, 5.74) is 0.809. The summed E-state index contributed by atoms with van der Waals surface area (Å²) < 4.78 is 5.07. The van der Waals surface area contributed by atoms with Gasteiger partial charge in [0.15, 0.2) is 0 Å². The molecule has 122 valence electrons. The Hall–Kier alpha value is -2.34. The molecule has 0 radical (unpaired) electrons. The van der Waals surface area contributed by atoms with Gasteiger partial charge >= 0.3 is 0 Å². The normalized spacial score (nSPS) is 10.3. The lowest BCUT2D eigenvalue weighted by atomic mass is 10.3. The van der Waals surface area contributed by atoms with Gasteiger partial charge in [-0.2, -0.15) is 0 Å². The molecule has 23 heavy (non-hydrogen) atoms. The van der Waals surface area contributed by atoms with Crippen LogP contribution in [0.15, 0.2) is 30.6 Å². The predicted molar refractivity (Wildman–Crippen MR) is 91.6 cm³/mol. The minimum Gasteiger partial charge on any atom is -0.495 e. The van der Waals surface area contributed by atoms with E-state index < -0.39 is 0 Å². The van der Waals surface area contributed by atoms with Crippen molar-refractivity contribution in [1.29, 1.82) is 0 Å². The average Bonchev–Trinajstić information content (AvgIpc) is 2.57. The van der Waals surface area contributed by atoms with E-state index in [9.17, 15) is 4.79 Å². The van der Waals surface area contributed by atoms with Crippen LogP contribution in [0.2, 0.25) is 5.02 Å². The summed E-state index contributed by atoms with van der Waals surface area (Å²) in [4.78, 5) is 22.7. The highest BCUT2D eigenvalue weighted by molar-refractivity contribution is 6.32. The number of methoxy groups -OCH3 is 1. The molecule has 0 bridgehead atoms. The summed E-state index contributed by atoms with van der Waals surface area (Å²) in [6, 6.07) is 5.02. The highest BCUT2D eigenvalue weighted by Gasteiger charge is 2.11. The number of hydrogen-bond acceptors (Lipinski definition) is 5. The van der Waals surface area contributed by atoms with Crippen molar-refractivity contribution in [2.45, 2.75) is 13.8 Å². The molecule has 6 nitrogen and oxygen atoms in total. The second-order valence-electron chi connectivity index (χ2n) is 4.74. The number of halogens is 1. The van der Waals surface area contributed by atoms with Crippen LogP contribution in [0, 0.1) is 0 Å². The maximum atomic E-state index is 12.2. The molecule has 0 aliphatic heterocycles. The minimum absolute atomic E-state index is 0.243. The van der Waals surface area contributed by atoms with Crippen LogP contribution >= 0.6 is 11.6 Å². The maximum absolute atomic E-state index is 12.2. The Bertz CT molecular complexity index is 672. The molecule has 0 fully saturated rings. The van der Waals surface area contributed by atoms with Gasteiger partial charge in [-0.3, -0.25) is 4.79 Å². The fraction of sp³-hybridized carbons (Fsp3) is 0.312. The van der Waals surface area contributed by atoms with Crippen molar-refractivity contribution in [3.63, 3.8) is 0 Å². The van der Waals surface area contributed by atoms with E-state index in [1.54, 1.807) is 24.4 Å². The lowest BCUT2D eigenvalue weighted by Crippen LogP contribution is -2.23. The lowest BCUT2D eigenvalue weighted by Gasteiger charge is -2.18. The second kappa shape index (κ2) is 7.78. The van der Waals surface area contributed by atoms with Crippen LogP contribution in [-0.2, 0) is 0 Å². The monoisotopic (exact) mass is 334 g/mol. The second-order valence-corrected chi connectivity index (χ2v) is 5.14. The third-order valence-corrected chi connectivity index (χ3v) is 3.66. The molecule has 1 aromatic heterocycles. The van der Waals surface area contributed by atoms with Crippen molar-refractivity contribution in [1.82, 2.24) is 9.97 Å². The molecule has 1 N–H and O–H groups in total. The van der Waals surface area contributed by atoms with Crippen molar-refractivity contribution >= 4 is 29.0 Å². The lowest BCUT2D eigenvalue weighted by molar-refractivity contribution is 0.102. The van der Waals surface area contributed by atoms with Gasteiger partial charge in [-0.15, -0.1) is 0 Å². The van der Waals surface area contributed by atoms with E-state index in [1.807, 2.05) is 13.8 Å². The van der Waals surface area contributed by atoms with Crippen LogP contribution in [-0.4, -0.2) is 36.1 Å². The number of hydrogen-bond donors (Lipinski definition) is 1. The topological polar surface area (TPSA) is 67.4 Å². The summed E-state index contributed by atoms with van der Waals surface area (Å²) in [7, 11) is 1.53. The standard InChI is InChI=1S/C16H19ClN4O2/c1-4-21(5-2)15-10-18-13(9-19-15)16(22)20-11-6-7-14(23-3)12(17)8-11/h6-10H,4-5H2,1-3H3,(H,20,22). The van der Waals surface area contributed by atoms with Gasteiger partial charge in [0, 0.05) is 18.8 Å². The Labute approximate surface area is 140 Å². The maximum Gasteiger partial charge on any atom is 0.275 e. The molecule has 0 aliphatic rings. The number of aromatic nitrogens is 2. The molecular weight excluding hydrogens is 316 g/mol. The van der Waals surface area contributed by atoms with Crippen molar-refractivity contribution in [2.24, 2.45) is 0 Å². The van der Waals surface area contributed by atoms with Crippen LogP contribution in [0.4, 0.5) is 11.5 Å². The zero-order valence-electron chi connectivity index (χ0n) is 13.3. The number of carbonyl (C=O) groups excluding carboxylic acids is 1. The van der Waals surface area contributed by atoms with Crippen LogP contribution in [0.5, 0.6) is 5.75 Å². The average molecular weight is 335 g/mol. The number of amides is 1. The zero-order valence-corrected chi connectivity index (χ0v) is 14.1. The fourth-order valence-electron chi connectivity index (χ4n) is 2.09. The molecule has 2 rings (SSSR count). The van der Waals surface area contributed by atoms with Crippen LogP contribution < -0.4 is 15.0 Å². The van der Waals surface area contributed by atoms with Crippen LogP contribution in [0.1, 0.15) is 24.3 Å². The first-order chi connectivity index (χ1) is 11.1. The van der Waals surface area contributed by atoms with E-state index in [0.29, 0.717) is 16.5 Å². The number of benzene rings is 1. The highest BCUT2D eigenvalue weighted by Crippen LogP contribution is 2.27. The Morgan fingerprint density at radius 1 is 1.26 bits per heavy atom. The van der Waals surface area contributed by atoms with E-state index in [1.165, 1.54) is 13.3 Å². The predicted octanol–water partition coefficient (Wildman–Crippen LogP) is 3.24. The van der Waals surface area contributed by atoms with E-state index in [0.717, 1.165) is 18.9 Å². The minimum atomic E-state index is -0.343. The first-order valence-corrected chi connectivity index (χ1v) is 7.68. The fourth-order valence-corrected chi connectivity index (χ4v) is 2.35. The molecule has 1 aromatic carbocycles. The quantitative estimate of drug-likeness (QED) is 0.878. The van der Waals surface area contributed by atoms with E-state index in [-0.39, 0.29) is 11.6 Å². The molecular formula is C16H19ClN4O2. The number of nitrogens with zero attached hydrogens (tertiary/aromatic N) is 3. The van der Waals surface area contributed by atoms with Gasteiger partial charge in [0.05, 0.1) is 24.5 Å². The Morgan fingerprint density at radius 3 is 2.52 bits per heavy atom. The van der Waals surface area contributed by atoms with E-state index >= 15 is 0 Å². The van der Waals surface area contributed by atoms with Gasteiger partial charge in [0.2, 0.25) is 0 Å². The highest BCUT2D eigenvalue weighted by atomic mass is 35.5. The smallest absolute Gasteiger partial charge is 0.275 e. The summed E-state index contributed by atoms with van der Waals surface area (Å²) in [5, 5.41) is 3.16. The Kier molecular flexibility index (Phi) is 5.76. The van der Waals surface area contributed by atoms with Gasteiger partial charge in [-0.05, 0) is 32.0 Å². The molecule has 2 aromatic rings. The van der Waals surface area contributed by atoms with Crippen molar-refractivity contribution in [3.05, 3.63) is 41.3 Å². The summed E-state index contributed by atoms with van der Waals surface area (Å²) in [6.45, 7) is 5.75. The van der Waals surface area contributed by atoms with Crippen molar-refractivity contribution in [3.8, 4) is 5.75 Å². The first kappa shape index (κ1) is 17.0. The molecule has 0 aliphatic carbocycles. The number of rotatable bonds is 6. The van der Waals surface area contributed by atoms with Gasteiger partial charge < -0.3 is 15.0 Å². The third-order valence-electron chi connectivity index (χ3n) is 3.37. The summed E-state index contributed by atoms with van der Waals surface area (Å²) >= 11 is 6.04. The Morgan fingerprint density at radius 2 is 2.00 bits per heavy atom. The first-order valence-electron chi connectivity index (χ1n) is 7.30. The van der Waals surface area contributed by atoms with Gasteiger partial charge in [-0.1, -0.05) is 11.6 Å². The Balaban J connectivity index is 2.10. The van der Waals surface area contributed by atoms with Gasteiger partial charge in [0.1, 0.15) is 17.3 Å². The number of nitrogens with one attached hydrogen (secondary N) is 1. The molecule has 0 saturated carbocycles. The largest absolute Gasteiger partial charge is 0.495 e. The van der Waals surface area contributed by atoms with E-state index in [4.69, 9.17) is 16.3 Å². The molecule has 1 amide bonds. The van der Waals surface area contributed by atoms with Gasteiger partial charge in [0.25, 0.3) is 5.91 Å². The molecule has 0 saturated heterocycles. The molecule has 7 heteroatoms. The summed E-state index contributed by atoms with van der Waals surface area (Å²) in [6.07, 6.45) is 3.07. The number of anilines is 2. The van der Waals surface area contributed by atoms with E-state index in [2.05, 4.69) is 20.2 Å². The molecule has 0 atom stereocenters.